The number of hydrogen-bond donors (Lipinski definition) is 2. The summed E-state index contributed by atoms with van der Waals surface area (Å²) < 4.78 is 0. The largest absolute Gasteiger partial charge is 0.480 e. The second-order valence-corrected chi connectivity index (χ2v) is 5.52. The first-order valence-corrected chi connectivity index (χ1v) is 7.18. The van der Waals surface area contributed by atoms with E-state index in [0.29, 0.717) is 12.8 Å². The van der Waals surface area contributed by atoms with Gasteiger partial charge in [0.15, 0.2) is 0 Å². The van der Waals surface area contributed by atoms with Gasteiger partial charge in [0.25, 0.3) is 0 Å². The molecule has 1 fully saturated rings. The van der Waals surface area contributed by atoms with Gasteiger partial charge >= 0.3 is 5.97 Å². The number of nitrogens with zero attached hydrogens (tertiary/aromatic N) is 2. The zero-order valence-electron chi connectivity index (χ0n) is 12.4. The lowest BCUT2D eigenvalue weighted by Crippen LogP contribution is -2.45. The van der Waals surface area contributed by atoms with Crippen LogP contribution in [0.4, 0.5) is 5.82 Å². The molecular formula is C15H21N3O3. The molecule has 2 heterocycles. The molecule has 0 unspecified atom stereocenters. The number of carboxylic acid groups (broad SMARTS) is 1. The van der Waals surface area contributed by atoms with Crippen molar-refractivity contribution >= 4 is 17.7 Å². The van der Waals surface area contributed by atoms with Gasteiger partial charge in [-0.1, -0.05) is 6.07 Å². The summed E-state index contributed by atoms with van der Waals surface area (Å²) in [4.78, 5) is 29.3. The van der Waals surface area contributed by atoms with Crippen LogP contribution in [-0.4, -0.2) is 41.1 Å². The fourth-order valence-corrected chi connectivity index (χ4v) is 2.41. The smallest absolute Gasteiger partial charge is 0.325 e. The number of aryl methyl sites for hydroxylation is 1. The van der Waals surface area contributed by atoms with Crippen molar-refractivity contribution in [1.29, 1.82) is 0 Å². The van der Waals surface area contributed by atoms with E-state index in [-0.39, 0.29) is 11.8 Å². The third-order valence-corrected chi connectivity index (χ3v) is 3.81. The number of nitrogens with one attached hydrogen (secondary N) is 1. The number of amides is 1. The van der Waals surface area contributed by atoms with Crippen molar-refractivity contribution in [3.8, 4) is 0 Å². The number of hydrogen-bond acceptors (Lipinski definition) is 4. The van der Waals surface area contributed by atoms with Gasteiger partial charge in [-0.3, -0.25) is 9.59 Å². The summed E-state index contributed by atoms with van der Waals surface area (Å²) in [6, 6.07) is 3.17. The SMILES string of the molecule is Cc1ccc(N2CCC(C(=O)N[C@@H](C)C(=O)O)CC2)nc1. The lowest BCUT2D eigenvalue weighted by molar-refractivity contribution is -0.142. The normalized spacial score (nSPS) is 17.3. The van der Waals surface area contributed by atoms with Crippen LogP contribution in [0.25, 0.3) is 0 Å². The van der Waals surface area contributed by atoms with Crippen molar-refractivity contribution in [1.82, 2.24) is 10.3 Å². The third kappa shape index (κ3) is 3.93. The lowest BCUT2D eigenvalue weighted by atomic mass is 9.95. The maximum absolute atomic E-state index is 12.0. The van der Waals surface area contributed by atoms with E-state index in [1.165, 1.54) is 6.92 Å². The number of pyridine rings is 1. The molecule has 2 N–H and O–H groups in total. The summed E-state index contributed by atoms with van der Waals surface area (Å²) in [5.41, 5.74) is 1.12. The van der Waals surface area contributed by atoms with E-state index in [1.54, 1.807) is 0 Å². The van der Waals surface area contributed by atoms with E-state index in [1.807, 2.05) is 25.3 Å². The maximum atomic E-state index is 12.0. The summed E-state index contributed by atoms with van der Waals surface area (Å²) >= 11 is 0. The van der Waals surface area contributed by atoms with E-state index in [2.05, 4.69) is 15.2 Å². The average molecular weight is 291 g/mol. The van der Waals surface area contributed by atoms with Crippen molar-refractivity contribution in [2.75, 3.05) is 18.0 Å². The number of aromatic nitrogens is 1. The standard InChI is InChI=1S/C15H21N3O3/c1-10-3-4-13(16-9-10)18-7-5-12(6-8-18)14(19)17-11(2)15(20)21/h3-4,9,11-12H,5-8H2,1-2H3,(H,17,19)(H,20,21)/t11-/m0/s1. The van der Waals surface area contributed by atoms with Crippen molar-refractivity contribution in [2.24, 2.45) is 5.92 Å². The second kappa shape index (κ2) is 6.56. The van der Waals surface area contributed by atoms with Gasteiger partial charge < -0.3 is 15.3 Å². The molecule has 0 aliphatic carbocycles. The van der Waals surface area contributed by atoms with Crippen molar-refractivity contribution < 1.29 is 14.7 Å². The highest BCUT2D eigenvalue weighted by Gasteiger charge is 2.27. The molecule has 6 heteroatoms. The van der Waals surface area contributed by atoms with Gasteiger partial charge in [-0.05, 0) is 38.3 Å². The number of carbonyl (C=O) groups is 2. The molecule has 0 aromatic carbocycles. The minimum absolute atomic E-state index is 0.117. The molecule has 114 valence electrons. The molecule has 1 atom stereocenters. The van der Waals surface area contributed by atoms with E-state index < -0.39 is 12.0 Å². The van der Waals surface area contributed by atoms with Gasteiger partial charge in [-0.15, -0.1) is 0 Å². The molecule has 21 heavy (non-hydrogen) atoms. The summed E-state index contributed by atoms with van der Waals surface area (Å²) in [5, 5.41) is 11.3. The quantitative estimate of drug-likeness (QED) is 0.871. The Morgan fingerprint density at radius 3 is 2.57 bits per heavy atom. The Labute approximate surface area is 124 Å². The molecule has 1 aromatic rings. The van der Waals surface area contributed by atoms with Crippen LogP contribution in [0.2, 0.25) is 0 Å². The van der Waals surface area contributed by atoms with E-state index in [9.17, 15) is 9.59 Å². The van der Waals surface area contributed by atoms with Gasteiger partial charge in [-0.2, -0.15) is 0 Å². The molecule has 1 aliphatic rings. The average Bonchev–Trinajstić information content (AvgIpc) is 2.48. The molecule has 1 aliphatic heterocycles. The first-order chi connectivity index (χ1) is 9.97. The Morgan fingerprint density at radius 2 is 2.05 bits per heavy atom. The van der Waals surface area contributed by atoms with Crippen LogP contribution in [0.1, 0.15) is 25.3 Å². The van der Waals surface area contributed by atoms with E-state index in [0.717, 1.165) is 24.5 Å². The van der Waals surface area contributed by atoms with Crippen LogP contribution in [0.15, 0.2) is 18.3 Å². The van der Waals surface area contributed by atoms with Crippen LogP contribution in [0, 0.1) is 12.8 Å². The second-order valence-electron chi connectivity index (χ2n) is 5.52. The Hall–Kier alpha value is -2.11. The zero-order chi connectivity index (χ0) is 15.4. The fourth-order valence-electron chi connectivity index (χ4n) is 2.41. The number of piperidine rings is 1. The van der Waals surface area contributed by atoms with Gasteiger partial charge in [0.05, 0.1) is 0 Å². The van der Waals surface area contributed by atoms with Gasteiger partial charge in [-0.25, -0.2) is 4.98 Å². The van der Waals surface area contributed by atoms with Crippen molar-refractivity contribution in [3.63, 3.8) is 0 Å². The number of anilines is 1. The lowest BCUT2D eigenvalue weighted by Gasteiger charge is -2.32. The number of carboxylic acids is 1. The summed E-state index contributed by atoms with van der Waals surface area (Å²) in [7, 11) is 0. The summed E-state index contributed by atoms with van der Waals surface area (Å²) in [6.45, 7) is 4.99. The Bertz CT molecular complexity index is 507. The maximum Gasteiger partial charge on any atom is 0.325 e. The predicted molar refractivity (Wildman–Crippen MR) is 79.2 cm³/mol. The first-order valence-electron chi connectivity index (χ1n) is 7.18. The topological polar surface area (TPSA) is 82.5 Å². The number of rotatable bonds is 4. The van der Waals surface area contributed by atoms with Crippen LogP contribution < -0.4 is 10.2 Å². The monoisotopic (exact) mass is 291 g/mol. The molecule has 1 amide bonds. The molecule has 0 saturated carbocycles. The highest BCUT2D eigenvalue weighted by Crippen LogP contribution is 2.22. The van der Waals surface area contributed by atoms with Crippen LogP contribution in [-0.2, 0) is 9.59 Å². The molecule has 1 aromatic heterocycles. The van der Waals surface area contributed by atoms with Gasteiger partial charge in [0.2, 0.25) is 5.91 Å². The Kier molecular flexibility index (Phi) is 4.77. The van der Waals surface area contributed by atoms with E-state index in [4.69, 9.17) is 5.11 Å². The molecular weight excluding hydrogens is 270 g/mol. The molecule has 0 bridgehead atoms. The van der Waals surface area contributed by atoms with Gasteiger partial charge in [0.1, 0.15) is 11.9 Å². The molecule has 0 radical (unpaired) electrons. The van der Waals surface area contributed by atoms with Crippen molar-refractivity contribution in [2.45, 2.75) is 32.7 Å². The highest BCUT2D eigenvalue weighted by molar-refractivity contribution is 5.84. The predicted octanol–water partition coefficient (Wildman–Crippen LogP) is 1.20. The summed E-state index contributed by atoms with van der Waals surface area (Å²) in [5.74, 6) is -0.363. The molecule has 1 saturated heterocycles. The number of carbonyl (C=O) groups excluding carboxylic acids is 1. The van der Waals surface area contributed by atoms with Crippen LogP contribution >= 0.6 is 0 Å². The molecule has 6 nitrogen and oxygen atoms in total. The minimum atomic E-state index is -1.01. The first kappa shape index (κ1) is 15.3. The highest BCUT2D eigenvalue weighted by atomic mass is 16.4. The minimum Gasteiger partial charge on any atom is -0.480 e. The van der Waals surface area contributed by atoms with E-state index >= 15 is 0 Å². The molecule has 2 rings (SSSR count). The van der Waals surface area contributed by atoms with Crippen molar-refractivity contribution in [3.05, 3.63) is 23.9 Å². The number of aliphatic carboxylic acids is 1. The zero-order valence-corrected chi connectivity index (χ0v) is 12.4. The van der Waals surface area contributed by atoms with Crippen LogP contribution in [0.5, 0.6) is 0 Å². The fraction of sp³-hybridized carbons (Fsp3) is 0.533. The summed E-state index contributed by atoms with van der Waals surface area (Å²) in [6.07, 6.45) is 3.27. The molecule has 0 spiro atoms. The van der Waals surface area contributed by atoms with Gasteiger partial charge in [0, 0.05) is 25.2 Å². The Morgan fingerprint density at radius 1 is 1.38 bits per heavy atom. The Balaban J connectivity index is 1.86. The van der Waals surface area contributed by atoms with Crippen LogP contribution in [0.3, 0.4) is 0 Å². The third-order valence-electron chi connectivity index (χ3n) is 3.81.